The van der Waals surface area contributed by atoms with Crippen LogP contribution in [0.5, 0.6) is 0 Å². The number of likely N-dealkylation sites (N-methyl/N-ethyl adjacent to an activating group) is 1. The van der Waals surface area contributed by atoms with E-state index < -0.39 is 0 Å². The molecule has 0 bridgehead atoms. The molecule has 2 aliphatic heterocycles. The summed E-state index contributed by atoms with van der Waals surface area (Å²) in [6.45, 7) is 11.6. The smallest absolute Gasteiger partial charge is 0.254 e. The van der Waals surface area contributed by atoms with Crippen LogP contribution in [0.25, 0.3) is 0 Å². The zero-order valence-corrected chi connectivity index (χ0v) is 17.3. The second-order valence-corrected chi connectivity index (χ2v) is 7.88. The summed E-state index contributed by atoms with van der Waals surface area (Å²) in [5, 5.41) is 0. The fourth-order valence-corrected chi connectivity index (χ4v) is 4.15. The number of anilines is 1. The average Bonchev–Trinajstić information content (AvgIpc) is 2.80. The van der Waals surface area contributed by atoms with Crippen LogP contribution >= 0.6 is 0 Å². The van der Waals surface area contributed by atoms with Crippen LogP contribution < -0.4 is 4.90 Å². The maximum absolute atomic E-state index is 12.9. The van der Waals surface area contributed by atoms with E-state index in [4.69, 9.17) is 0 Å². The summed E-state index contributed by atoms with van der Waals surface area (Å²) >= 11 is 0. The number of benzene rings is 1. The minimum atomic E-state index is 0.132. The van der Waals surface area contributed by atoms with Crippen molar-refractivity contribution in [2.75, 3.05) is 63.8 Å². The van der Waals surface area contributed by atoms with Gasteiger partial charge in [0.15, 0.2) is 0 Å². The van der Waals surface area contributed by atoms with Crippen molar-refractivity contribution in [1.82, 2.24) is 19.7 Å². The van der Waals surface area contributed by atoms with E-state index in [1.165, 1.54) is 5.56 Å². The Labute approximate surface area is 173 Å². The Bertz CT molecular complexity index is 796. The van der Waals surface area contributed by atoms with E-state index in [0.29, 0.717) is 0 Å². The molecule has 1 amide bonds. The molecule has 2 fully saturated rings. The van der Waals surface area contributed by atoms with Crippen molar-refractivity contribution in [3.05, 3.63) is 59.8 Å². The van der Waals surface area contributed by atoms with Gasteiger partial charge in [-0.15, -0.1) is 0 Å². The van der Waals surface area contributed by atoms with E-state index in [-0.39, 0.29) is 5.91 Å². The van der Waals surface area contributed by atoms with Gasteiger partial charge >= 0.3 is 0 Å². The summed E-state index contributed by atoms with van der Waals surface area (Å²) in [7, 11) is 0. The van der Waals surface area contributed by atoms with Gasteiger partial charge in [0, 0.05) is 70.7 Å². The molecular formula is C23H31N5O. The SMILES string of the molecule is CCN1CCN(C(=O)c2ccnc(N3CCN(Cc4ccccc4)CC3)c2)CC1. The number of piperazine rings is 2. The van der Waals surface area contributed by atoms with Gasteiger partial charge in [-0.05, 0) is 24.2 Å². The number of amides is 1. The van der Waals surface area contributed by atoms with Gasteiger partial charge in [-0.25, -0.2) is 4.98 Å². The highest BCUT2D eigenvalue weighted by Gasteiger charge is 2.23. The van der Waals surface area contributed by atoms with Crippen molar-refractivity contribution in [1.29, 1.82) is 0 Å². The van der Waals surface area contributed by atoms with Gasteiger partial charge in [0.25, 0.3) is 5.91 Å². The predicted octanol–water partition coefficient (Wildman–Crippen LogP) is 2.18. The summed E-state index contributed by atoms with van der Waals surface area (Å²) in [6.07, 6.45) is 1.78. The van der Waals surface area contributed by atoms with Gasteiger partial charge in [-0.3, -0.25) is 9.69 Å². The molecule has 1 aromatic heterocycles. The van der Waals surface area contributed by atoms with Gasteiger partial charge in [-0.2, -0.15) is 0 Å². The quantitative estimate of drug-likeness (QED) is 0.779. The van der Waals surface area contributed by atoms with Gasteiger partial charge in [0.1, 0.15) is 5.82 Å². The topological polar surface area (TPSA) is 42.9 Å². The summed E-state index contributed by atoms with van der Waals surface area (Å²) in [6, 6.07) is 14.4. The minimum Gasteiger partial charge on any atom is -0.354 e. The summed E-state index contributed by atoms with van der Waals surface area (Å²) in [5.74, 6) is 1.05. The highest BCUT2D eigenvalue weighted by molar-refractivity contribution is 5.95. The number of rotatable bonds is 5. The number of pyridine rings is 1. The number of carbonyl (C=O) groups is 1. The maximum Gasteiger partial charge on any atom is 0.254 e. The Morgan fingerprint density at radius 1 is 0.897 bits per heavy atom. The Hall–Kier alpha value is -2.44. The molecule has 2 saturated heterocycles. The summed E-state index contributed by atoms with van der Waals surface area (Å²) < 4.78 is 0. The molecular weight excluding hydrogens is 362 g/mol. The molecule has 2 aromatic rings. The van der Waals surface area contributed by atoms with Crippen LogP contribution in [0.3, 0.4) is 0 Å². The molecule has 29 heavy (non-hydrogen) atoms. The molecule has 1 aromatic carbocycles. The van der Waals surface area contributed by atoms with E-state index in [9.17, 15) is 4.79 Å². The first-order valence-corrected chi connectivity index (χ1v) is 10.7. The minimum absolute atomic E-state index is 0.132. The van der Waals surface area contributed by atoms with E-state index in [2.05, 4.69) is 56.9 Å². The van der Waals surface area contributed by atoms with E-state index in [1.54, 1.807) is 6.20 Å². The molecule has 0 saturated carbocycles. The van der Waals surface area contributed by atoms with Crippen molar-refractivity contribution < 1.29 is 4.79 Å². The van der Waals surface area contributed by atoms with Crippen molar-refractivity contribution in [2.24, 2.45) is 0 Å². The molecule has 6 heteroatoms. The van der Waals surface area contributed by atoms with Crippen LogP contribution in [0.1, 0.15) is 22.8 Å². The van der Waals surface area contributed by atoms with Crippen LogP contribution in [0.15, 0.2) is 48.7 Å². The normalized spacial score (nSPS) is 18.8. The lowest BCUT2D eigenvalue weighted by Crippen LogP contribution is -2.48. The largest absolute Gasteiger partial charge is 0.354 e. The predicted molar refractivity (Wildman–Crippen MR) is 116 cm³/mol. The molecule has 0 aliphatic carbocycles. The third kappa shape index (κ3) is 4.95. The molecule has 6 nitrogen and oxygen atoms in total. The maximum atomic E-state index is 12.9. The third-order valence-electron chi connectivity index (χ3n) is 6.04. The average molecular weight is 394 g/mol. The Kier molecular flexibility index (Phi) is 6.42. The van der Waals surface area contributed by atoms with E-state index in [0.717, 1.165) is 76.8 Å². The lowest BCUT2D eigenvalue weighted by molar-refractivity contribution is 0.0643. The highest BCUT2D eigenvalue weighted by atomic mass is 16.2. The number of aromatic nitrogens is 1. The zero-order valence-electron chi connectivity index (χ0n) is 17.3. The lowest BCUT2D eigenvalue weighted by atomic mass is 10.2. The fraction of sp³-hybridized carbons (Fsp3) is 0.478. The van der Waals surface area contributed by atoms with Gasteiger partial charge in [-0.1, -0.05) is 37.3 Å². The molecule has 3 heterocycles. The molecule has 0 N–H and O–H groups in total. The number of carbonyl (C=O) groups excluding carboxylic acids is 1. The van der Waals surface area contributed by atoms with Crippen LogP contribution in [0, 0.1) is 0 Å². The first kappa shape index (κ1) is 19.9. The number of nitrogens with zero attached hydrogens (tertiary/aromatic N) is 5. The zero-order chi connectivity index (χ0) is 20.1. The van der Waals surface area contributed by atoms with Crippen LogP contribution in [-0.4, -0.2) is 84.5 Å². The van der Waals surface area contributed by atoms with Gasteiger partial charge < -0.3 is 14.7 Å². The van der Waals surface area contributed by atoms with Crippen LogP contribution in [0.4, 0.5) is 5.82 Å². The number of hydrogen-bond acceptors (Lipinski definition) is 5. The number of hydrogen-bond donors (Lipinski definition) is 0. The molecule has 4 rings (SSSR count). The van der Waals surface area contributed by atoms with Crippen molar-refractivity contribution in [3.8, 4) is 0 Å². The summed E-state index contributed by atoms with van der Waals surface area (Å²) in [5.41, 5.74) is 2.11. The monoisotopic (exact) mass is 393 g/mol. The second-order valence-electron chi connectivity index (χ2n) is 7.88. The van der Waals surface area contributed by atoms with Crippen molar-refractivity contribution in [3.63, 3.8) is 0 Å². The summed E-state index contributed by atoms with van der Waals surface area (Å²) in [4.78, 5) is 26.6. The Balaban J connectivity index is 1.34. The molecule has 0 spiro atoms. The van der Waals surface area contributed by atoms with Crippen LogP contribution in [-0.2, 0) is 6.54 Å². The molecule has 0 unspecified atom stereocenters. The molecule has 154 valence electrons. The van der Waals surface area contributed by atoms with E-state index >= 15 is 0 Å². The second kappa shape index (κ2) is 9.37. The highest BCUT2D eigenvalue weighted by Crippen LogP contribution is 2.18. The van der Waals surface area contributed by atoms with Crippen LogP contribution in [0.2, 0.25) is 0 Å². The van der Waals surface area contributed by atoms with Gasteiger partial charge in [0.05, 0.1) is 0 Å². The molecule has 0 radical (unpaired) electrons. The van der Waals surface area contributed by atoms with Crippen molar-refractivity contribution >= 4 is 11.7 Å². The first-order chi connectivity index (χ1) is 14.2. The molecule has 2 aliphatic rings. The third-order valence-corrected chi connectivity index (χ3v) is 6.04. The van der Waals surface area contributed by atoms with E-state index in [1.807, 2.05) is 17.0 Å². The first-order valence-electron chi connectivity index (χ1n) is 10.7. The Morgan fingerprint density at radius 2 is 1.59 bits per heavy atom. The lowest BCUT2D eigenvalue weighted by Gasteiger charge is -2.36. The standard InChI is InChI=1S/C23H31N5O/c1-2-25-10-16-28(17-11-25)23(29)21-8-9-24-22(18-21)27-14-12-26(13-15-27)19-20-6-4-3-5-7-20/h3-9,18H,2,10-17,19H2,1H3. The fourth-order valence-electron chi connectivity index (χ4n) is 4.15. The Morgan fingerprint density at radius 3 is 2.28 bits per heavy atom. The van der Waals surface area contributed by atoms with Crippen molar-refractivity contribution in [2.45, 2.75) is 13.5 Å². The van der Waals surface area contributed by atoms with Gasteiger partial charge in [0.2, 0.25) is 0 Å². The molecule has 0 atom stereocenters.